The Morgan fingerprint density at radius 2 is 1.94 bits per heavy atom. The van der Waals surface area contributed by atoms with Gasteiger partial charge in [-0.3, -0.25) is 4.79 Å². The first kappa shape index (κ1) is 14.1. The van der Waals surface area contributed by atoms with Crippen LogP contribution in [0.1, 0.15) is 41.8 Å². The Hall–Kier alpha value is -1.00. The zero-order valence-electron chi connectivity index (χ0n) is 9.85. The van der Waals surface area contributed by atoms with E-state index < -0.39 is 0 Å². The average Bonchev–Trinajstić information content (AvgIpc) is 2.62. The summed E-state index contributed by atoms with van der Waals surface area (Å²) >= 11 is 0. The van der Waals surface area contributed by atoms with Gasteiger partial charge in [0, 0.05) is 13.1 Å². The second-order valence-electron chi connectivity index (χ2n) is 4.21. The maximum Gasteiger partial charge on any atom is 0.257 e. The van der Waals surface area contributed by atoms with Gasteiger partial charge in [0.2, 0.25) is 0 Å². The minimum Gasteiger partial charge on any atom is -0.467 e. The van der Waals surface area contributed by atoms with E-state index in [1.165, 1.54) is 19.1 Å². The number of likely N-dealkylation sites (tertiary alicyclic amines) is 1. The highest BCUT2D eigenvalue weighted by atomic mass is 35.5. The molecule has 0 radical (unpaired) electrons. The third kappa shape index (κ3) is 3.48. The van der Waals surface area contributed by atoms with Gasteiger partial charge in [-0.1, -0.05) is 12.8 Å². The van der Waals surface area contributed by atoms with Crippen molar-refractivity contribution in [3.8, 4) is 0 Å². The maximum atomic E-state index is 12.1. The first-order valence-electron chi connectivity index (χ1n) is 5.88. The number of rotatable bonds is 2. The molecule has 1 aromatic rings. The Morgan fingerprint density at radius 3 is 2.47 bits per heavy atom. The standard InChI is InChI=1S/C12H18N2O2.ClH/c13-8-11-7-10(9-16-11)12(15)14-5-3-1-2-4-6-14;/h7,9H,1-6,8,13H2;1H. The molecule has 4 nitrogen and oxygen atoms in total. The summed E-state index contributed by atoms with van der Waals surface area (Å²) in [5, 5.41) is 0. The van der Waals surface area contributed by atoms with Gasteiger partial charge in [0.1, 0.15) is 12.0 Å². The number of carbonyl (C=O) groups is 1. The number of amides is 1. The predicted molar refractivity (Wildman–Crippen MR) is 68.2 cm³/mol. The third-order valence-electron chi connectivity index (χ3n) is 3.00. The fourth-order valence-electron chi connectivity index (χ4n) is 2.06. The van der Waals surface area contributed by atoms with E-state index in [-0.39, 0.29) is 18.3 Å². The summed E-state index contributed by atoms with van der Waals surface area (Å²) in [7, 11) is 0. The predicted octanol–water partition coefficient (Wildman–Crippen LogP) is 2.18. The Kier molecular flexibility index (Phi) is 5.51. The summed E-state index contributed by atoms with van der Waals surface area (Å²) in [5.74, 6) is 0.739. The molecule has 0 unspecified atom stereocenters. The van der Waals surface area contributed by atoms with E-state index in [9.17, 15) is 4.79 Å². The highest BCUT2D eigenvalue weighted by Gasteiger charge is 2.18. The van der Waals surface area contributed by atoms with Crippen LogP contribution in [0, 0.1) is 0 Å². The molecule has 17 heavy (non-hydrogen) atoms. The number of hydrogen-bond acceptors (Lipinski definition) is 3. The summed E-state index contributed by atoms with van der Waals surface area (Å²) in [6, 6.07) is 1.74. The van der Waals surface area contributed by atoms with Crippen molar-refractivity contribution in [1.82, 2.24) is 4.90 Å². The number of halogens is 1. The molecule has 5 heteroatoms. The van der Waals surface area contributed by atoms with Gasteiger partial charge in [0.15, 0.2) is 0 Å². The number of nitrogens with zero attached hydrogens (tertiary/aromatic N) is 1. The van der Waals surface area contributed by atoms with Crippen molar-refractivity contribution in [1.29, 1.82) is 0 Å². The molecule has 0 aliphatic carbocycles. The van der Waals surface area contributed by atoms with Gasteiger partial charge in [-0.25, -0.2) is 0 Å². The Labute approximate surface area is 108 Å². The quantitative estimate of drug-likeness (QED) is 0.885. The van der Waals surface area contributed by atoms with Crippen molar-refractivity contribution in [2.24, 2.45) is 5.73 Å². The fourth-order valence-corrected chi connectivity index (χ4v) is 2.06. The van der Waals surface area contributed by atoms with Gasteiger partial charge in [0.25, 0.3) is 5.91 Å². The van der Waals surface area contributed by atoms with Crippen molar-refractivity contribution >= 4 is 18.3 Å². The molecule has 2 N–H and O–H groups in total. The van der Waals surface area contributed by atoms with E-state index >= 15 is 0 Å². The second kappa shape index (κ2) is 6.67. The molecule has 0 bridgehead atoms. The molecule has 1 amide bonds. The topological polar surface area (TPSA) is 59.5 Å². The van der Waals surface area contributed by atoms with Gasteiger partial charge in [0.05, 0.1) is 12.1 Å². The van der Waals surface area contributed by atoms with Gasteiger partial charge in [-0.2, -0.15) is 0 Å². The zero-order chi connectivity index (χ0) is 11.4. The molecule has 0 aromatic carbocycles. The van der Waals surface area contributed by atoms with Crippen LogP contribution in [0.15, 0.2) is 16.7 Å². The van der Waals surface area contributed by atoms with Crippen LogP contribution in [-0.4, -0.2) is 23.9 Å². The van der Waals surface area contributed by atoms with E-state index in [2.05, 4.69) is 0 Å². The summed E-state index contributed by atoms with van der Waals surface area (Å²) in [5.41, 5.74) is 6.08. The van der Waals surface area contributed by atoms with E-state index in [1.807, 2.05) is 4.90 Å². The molecule has 2 heterocycles. The van der Waals surface area contributed by atoms with Crippen LogP contribution < -0.4 is 5.73 Å². The Morgan fingerprint density at radius 1 is 1.29 bits per heavy atom. The molecule has 1 aromatic heterocycles. The number of furan rings is 1. The third-order valence-corrected chi connectivity index (χ3v) is 3.00. The van der Waals surface area contributed by atoms with Crippen molar-refractivity contribution in [3.63, 3.8) is 0 Å². The molecular formula is C12H19ClN2O2. The first-order chi connectivity index (χ1) is 7.81. The zero-order valence-corrected chi connectivity index (χ0v) is 10.7. The molecule has 1 fully saturated rings. The van der Waals surface area contributed by atoms with E-state index in [4.69, 9.17) is 10.2 Å². The van der Waals surface area contributed by atoms with Crippen LogP contribution in [0.2, 0.25) is 0 Å². The molecule has 0 spiro atoms. The summed E-state index contributed by atoms with van der Waals surface area (Å²) in [4.78, 5) is 14.0. The van der Waals surface area contributed by atoms with Gasteiger partial charge in [-0.15, -0.1) is 12.4 Å². The minimum atomic E-state index is 0. The normalized spacial score (nSPS) is 16.2. The average molecular weight is 259 g/mol. The number of carbonyl (C=O) groups excluding carboxylic acids is 1. The van der Waals surface area contributed by atoms with Crippen molar-refractivity contribution in [3.05, 3.63) is 23.7 Å². The molecule has 0 atom stereocenters. The maximum absolute atomic E-state index is 12.1. The molecule has 0 saturated carbocycles. The fraction of sp³-hybridized carbons (Fsp3) is 0.583. The highest BCUT2D eigenvalue weighted by molar-refractivity contribution is 5.94. The van der Waals surface area contributed by atoms with Crippen molar-refractivity contribution in [2.45, 2.75) is 32.2 Å². The van der Waals surface area contributed by atoms with Crippen LogP contribution in [0.3, 0.4) is 0 Å². The second-order valence-corrected chi connectivity index (χ2v) is 4.21. The van der Waals surface area contributed by atoms with Crippen LogP contribution >= 0.6 is 12.4 Å². The van der Waals surface area contributed by atoms with Crippen molar-refractivity contribution < 1.29 is 9.21 Å². The van der Waals surface area contributed by atoms with Gasteiger partial charge < -0.3 is 15.1 Å². The van der Waals surface area contributed by atoms with Gasteiger partial charge in [-0.05, 0) is 18.9 Å². The number of hydrogen-bond donors (Lipinski definition) is 1. The molecule has 1 aliphatic rings. The lowest BCUT2D eigenvalue weighted by Crippen LogP contribution is -2.31. The van der Waals surface area contributed by atoms with Crippen LogP contribution in [0.5, 0.6) is 0 Å². The monoisotopic (exact) mass is 258 g/mol. The van der Waals surface area contributed by atoms with E-state index in [1.54, 1.807) is 6.07 Å². The Bertz CT molecular complexity index is 357. The lowest BCUT2D eigenvalue weighted by molar-refractivity contribution is 0.0761. The lowest BCUT2D eigenvalue weighted by Gasteiger charge is -2.19. The Balaban J connectivity index is 0.00000144. The smallest absolute Gasteiger partial charge is 0.257 e. The SMILES string of the molecule is Cl.NCc1cc(C(=O)N2CCCCCC2)co1. The molecule has 1 saturated heterocycles. The summed E-state index contributed by atoms with van der Waals surface area (Å²) in [6.07, 6.45) is 6.17. The summed E-state index contributed by atoms with van der Waals surface area (Å²) < 4.78 is 5.18. The number of nitrogens with two attached hydrogens (primary N) is 1. The largest absolute Gasteiger partial charge is 0.467 e. The molecule has 2 rings (SSSR count). The highest BCUT2D eigenvalue weighted by Crippen LogP contribution is 2.15. The molecular weight excluding hydrogens is 240 g/mol. The lowest BCUT2D eigenvalue weighted by atomic mass is 10.2. The van der Waals surface area contributed by atoms with Crippen molar-refractivity contribution in [2.75, 3.05) is 13.1 Å². The molecule has 96 valence electrons. The molecule has 1 aliphatic heterocycles. The van der Waals surface area contributed by atoms with E-state index in [0.29, 0.717) is 17.9 Å². The van der Waals surface area contributed by atoms with E-state index in [0.717, 1.165) is 25.9 Å². The summed E-state index contributed by atoms with van der Waals surface area (Å²) in [6.45, 7) is 2.07. The van der Waals surface area contributed by atoms with Crippen LogP contribution in [-0.2, 0) is 6.54 Å². The minimum absolute atomic E-state index is 0. The first-order valence-corrected chi connectivity index (χ1v) is 5.88. The van der Waals surface area contributed by atoms with Gasteiger partial charge >= 0.3 is 0 Å². The van der Waals surface area contributed by atoms with Crippen LogP contribution in [0.25, 0.3) is 0 Å². The van der Waals surface area contributed by atoms with Crippen LogP contribution in [0.4, 0.5) is 0 Å².